The molecule has 104 valence electrons. The quantitative estimate of drug-likeness (QED) is 0.582. The van der Waals surface area contributed by atoms with Gasteiger partial charge in [-0.05, 0) is 30.7 Å². The number of hydrogen-bond acceptors (Lipinski definition) is 5. The fourth-order valence-corrected chi connectivity index (χ4v) is 1.77. The molecule has 0 aromatic heterocycles. The Balaban J connectivity index is 1.95. The second kappa shape index (κ2) is 7.11. The molecule has 1 aliphatic rings. The fraction of sp³-hybridized carbons (Fsp3) is 0.500. The van der Waals surface area contributed by atoms with Gasteiger partial charge in [0.15, 0.2) is 17.8 Å². The number of methoxy groups -OCH3 is 1. The zero-order chi connectivity index (χ0) is 13.5. The number of aliphatic imine (C=N–C) groups is 1. The molecule has 0 saturated heterocycles. The van der Waals surface area contributed by atoms with Gasteiger partial charge in [0.05, 0.1) is 6.54 Å². The number of ether oxygens (including phenoxy) is 4. The standard InChI is InChI=1S/C14H19NO4/c1-3-17-14(16-2)10-15-9-11-4-5-12-13(8-11)19-7-6-18-12/h4-5,8-9,14H,3,6-7,10H2,1-2H3. The van der Waals surface area contributed by atoms with Gasteiger partial charge in [-0.25, -0.2) is 0 Å². The van der Waals surface area contributed by atoms with Gasteiger partial charge in [-0.3, -0.25) is 4.99 Å². The SMILES string of the molecule is CCOC(CN=Cc1ccc2c(c1)OCCO2)OC. The van der Waals surface area contributed by atoms with Crippen molar-refractivity contribution in [3.05, 3.63) is 23.8 Å². The Bertz CT molecular complexity index is 433. The van der Waals surface area contributed by atoms with Crippen molar-refractivity contribution in [3.63, 3.8) is 0 Å². The first kappa shape index (κ1) is 13.8. The van der Waals surface area contributed by atoms with E-state index in [0.717, 1.165) is 17.1 Å². The van der Waals surface area contributed by atoms with E-state index in [9.17, 15) is 0 Å². The van der Waals surface area contributed by atoms with Crippen molar-refractivity contribution < 1.29 is 18.9 Å². The Hall–Kier alpha value is -1.59. The molecule has 19 heavy (non-hydrogen) atoms. The normalized spacial score (nSPS) is 15.7. The first-order valence-corrected chi connectivity index (χ1v) is 6.37. The molecule has 1 aliphatic heterocycles. The predicted molar refractivity (Wildman–Crippen MR) is 72.3 cm³/mol. The maximum absolute atomic E-state index is 5.52. The lowest BCUT2D eigenvalue weighted by atomic mass is 10.2. The molecule has 1 aromatic rings. The van der Waals surface area contributed by atoms with Gasteiger partial charge < -0.3 is 18.9 Å². The third-order valence-corrected chi connectivity index (χ3v) is 2.68. The topological polar surface area (TPSA) is 49.3 Å². The highest BCUT2D eigenvalue weighted by atomic mass is 16.7. The number of benzene rings is 1. The van der Waals surface area contributed by atoms with Crippen LogP contribution in [0, 0.1) is 0 Å². The van der Waals surface area contributed by atoms with Gasteiger partial charge in [-0.1, -0.05) is 0 Å². The molecular weight excluding hydrogens is 246 g/mol. The van der Waals surface area contributed by atoms with E-state index in [0.29, 0.717) is 26.4 Å². The summed E-state index contributed by atoms with van der Waals surface area (Å²) in [5.74, 6) is 1.55. The zero-order valence-corrected chi connectivity index (χ0v) is 11.3. The minimum Gasteiger partial charge on any atom is -0.486 e. The summed E-state index contributed by atoms with van der Waals surface area (Å²) in [6.07, 6.45) is 1.49. The Labute approximate surface area is 113 Å². The van der Waals surface area contributed by atoms with Crippen LogP contribution in [-0.2, 0) is 9.47 Å². The van der Waals surface area contributed by atoms with Crippen LogP contribution in [0.15, 0.2) is 23.2 Å². The summed E-state index contributed by atoms with van der Waals surface area (Å²) in [6.45, 7) is 4.20. The van der Waals surface area contributed by atoms with Crippen LogP contribution in [0.5, 0.6) is 11.5 Å². The molecule has 1 heterocycles. The summed E-state index contributed by atoms with van der Waals surface area (Å²) in [5, 5.41) is 0. The van der Waals surface area contributed by atoms with Crippen molar-refractivity contribution in [2.75, 3.05) is 33.5 Å². The van der Waals surface area contributed by atoms with Crippen LogP contribution in [-0.4, -0.2) is 46.0 Å². The largest absolute Gasteiger partial charge is 0.486 e. The maximum Gasteiger partial charge on any atom is 0.176 e. The van der Waals surface area contributed by atoms with Gasteiger partial charge in [0.1, 0.15) is 13.2 Å². The Morgan fingerprint density at radius 2 is 2.11 bits per heavy atom. The van der Waals surface area contributed by atoms with E-state index in [1.54, 1.807) is 13.3 Å². The molecule has 0 fully saturated rings. The van der Waals surface area contributed by atoms with Crippen LogP contribution in [0.3, 0.4) is 0 Å². The summed E-state index contributed by atoms with van der Waals surface area (Å²) < 4.78 is 21.5. The predicted octanol–water partition coefficient (Wildman–Crippen LogP) is 1.89. The Kier molecular flexibility index (Phi) is 5.18. The molecule has 0 spiro atoms. The van der Waals surface area contributed by atoms with E-state index < -0.39 is 0 Å². The number of hydrogen-bond donors (Lipinski definition) is 0. The molecule has 0 radical (unpaired) electrons. The van der Waals surface area contributed by atoms with E-state index >= 15 is 0 Å². The molecule has 1 atom stereocenters. The van der Waals surface area contributed by atoms with Gasteiger partial charge in [0.2, 0.25) is 0 Å². The van der Waals surface area contributed by atoms with Gasteiger partial charge in [-0.2, -0.15) is 0 Å². The molecular formula is C14H19NO4. The summed E-state index contributed by atoms with van der Waals surface area (Å²) in [5.41, 5.74) is 0.968. The summed E-state index contributed by atoms with van der Waals surface area (Å²) in [7, 11) is 1.61. The fourth-order valence-electron chi connectivity index (χ4n) is 1.77. The van der Waals surface area contributed by atoms with Gasteiger partial charge in [0, 0.05) is 19.9 Å². The van der Waals surface area contributed by atoms with E-state index in [2.05, 4.69) is 4.99 Å². The number of fused-ring (bicyclic) bond motifs is 1. The molecule has 0 saturated carbocycles. The van der Waals surface area contributed by atoms with E-state index in [1.807, 2.05) is 25.1 Å². The average Bonchev–Trinajstić information content (AvgIpc) is 2.46. The average molecular weight is 265 g/mol. The molecule has 0 amide bonds. The smallest absolute Gasteiger partial charge is 0.176 e. The van der Waals surface area contributed by atoms with Crippen molar-refractivity contribution >= 4 is 6.21 Å². The van der Waals surface area contributed by atoms with Gasteiger partial charge in [0.25, 0.3) is 0 Å². The number of nitrogens with zero attached hydrogens (tertiary/aromatic N) is 1. The first-order chi connectivity index (χ1) is 9.33. The minimum absolute atomic E-state index is 0.293. The molecule has 5 nitrogen and oxygen atoms in total. The molecule has 0 bridgehead atoms. The first-order valence-electron chi connectivity index (χ1n) is 6.37. The van der Waals surface area contributed by atoms with Crippen LogP contribution in [0.4, 0.5) is 0 Å². The lowest BCUT2D eigenvalue weighted by Gasteiger charge is -2.18. The lowest BCUT2D eigenvalue weighted by Crippen LogP contribution is -2.18. The highest BCUT2D eigenvalue weighted by molar-refractivity contribution is 5.81. The minimum atomic E-state index is -0.293. The van der Waals surface area contributed by atoms with Crippen molar-refractivity contribution in [1.82, 2.24) is 0 Å². The third kappa shape index (κ3) is 3.94. The van der Waals surface area contributed by atoms with E-state index in [-0.39, 0.29) is 6.29 Å². The van der Waals surface area contributed by atoms with E-state index in [1.165, 1.54) is 0 Å². The van der Waals surface area contributed by atoms with Gasteiger partial charge in [-0.15, -0.1) is 0 Å². The van der Waals surface area contributed by atoms with Gasteiger partial charge >= 0.3 is 0 Å². The zero-order valence-electron chi connectivity index (χ0n) is 11.3. The van der Waals surface area contributed by atoms with Crippen molar-refractivity contribution in [1.29, 1.82) is 0 Å². The van der Waals surface area contributed by atoms with Crippen molar-refractivity contribution in [2.45, 2.75) is 13.2 Å². The summed E-state index contributed by atoms with van der Waals surface area (Å²) in [4.78, 5) is 4.31. The highest BCUT2D eigenvalue weighted by Gasteiger charge is 2.11. The third-order valence-electron chi connectivity index (χ3n) is 2.68. The summed E-state index contributed by atoms with van der Waals surface area (Å²) in [6, 6.07) is 5.76. The molecule has 5 heteroatoms. The van der Waals surface area contributed by atoms with Crippen molar-refractivity contribution in [3.8, 4) is 11.5 Å². The van der Waals surface area contributed by atoms with Crippen molar-refractivity contribution in [2.24, 2.45) is 4.99 Å². The monoisotopic (exact) mass is 265 g/mol. The number of rotatable bonds is 6. The second-order valence-corrected chi connectivity index (χ2v) is 4.02. The maximum atomic E-state index is 5.52. The van der Waals surface area contributed by atoms with E-state index in [4.69, 9.17) is 18.9 Å². The molecule has 1 aromatic carbocycles. The molecule has 0 aliphatic carbocycles. The molecule has 1 unspecified atom stereocenters. The Morgan fingerprint density at radius 3 is 2.84 bits per heavy atom. The lowest BCUT2D eigenvalue weighted by molar-refractivity contribution is -0.112. The highest BCUT2D eigenvalue weighted by Crippen LogP contribution is 2.30. The van der Waals surface area contributed by atoms with Crippen LogP contribution >= 0.6 is 0 Å². The molecule has 2 rings (SSSR count). The van der Waals surface area contributed by atoms with Crippen LogP contribution < -0.4 is 9.47 Å². The van der Waals surface area contributed by atoms with Crippen LogP contribution in [0.2, 0.25) is 0 Å². The summed E-state index contributed by atoms with van der Waals surface area (Å²) >= 11 is 0. The molecule has 0 N–H and O–H groups in total. The van der Waals surface area contributed by atoms with Crippen LogP contribution in [0.1, 0.15) is 12.5 Å². The second-order valence-electron chi connectivity index (χ2n) is 4.02. The van der Waals surface area contributed by atoms with Crippen LogP contribution in [0.25, 0.3) is 0 Å². The Morgan fingerprint density at radius 1 is 1.32 bits per heavy atom.